The van der Waals surface area contributed by atoms with Gasteiger partial charge in [0.1, 0.15) is 11.9 Å². The quantitative estimate of drug-likeness (QED) is 0.843. The molecule has 1 unspecified atom stereocenters. The number of halogens is 1. The van der Waals surface area contributed by atoms with Crippen LogP contribution in [0.15, 0.2) is 18.2 Å². The molecule has 0 aromatic heterocycles. The minimum atomic E-state index is -0.477. The lowest BCUT2D eigenvalue weighted by Gasteiger charge is -2.29. The van der Waals surface area contributed by atoms with E-state index in [1.807, 2.05) is 13.0 Å². The van der Waals surface area contributed by atoms with Crippen LogP contribution in [-0.2, 0) is 14.3 Å². The van der Waals surface area contributed by atoms with Crippen molar-refractivity contribution >= 4 is 17.3 Å². The first kappa shape index (κ1) is 15.6. The number of carbonyl (C=O) groups is 1. The maximum atomic E-state index is 13.8. The number of methoxy groups -OCH3 is 1. The van der Waals surface area contributed by atoms with E-state index in [0.29, 0.717) is 25.3 Å². The van der Waals surface area contributed by atoms with Crippen molar-refractivity contribution in [1.82, 2.24) is 0 Å². The van der Waals surface area contributed by atoms with E-state index in [4.69, 9.17) is 9.47 Å². The number of nitrogens with zero attached hydrogens (tertiary/aromatic N) is 1. The summed E-state index contributed by atoms with van der Waals surface area (Å²) in [4.78, 5) is 13.7. The Hall–Kier alpha value is -1.82. The maximum absolute atomic E-state index is 13.8. The summed E-state index contributed by atoms with van der Waals surface area (Å²) in [5.74, 6) is -0.684. The van der Waals surface area contributed by atoms with Crippen molar-refractivity contribution in [3.8, 4) is 0 Å². The number of rotatable bonds is 5. The van der Waals surface area contributed by atoms with Crippen LogP contribution in [0.2, 0.25) is 0 Å². The molecule has 21 heavy (non-hydrogen) atoms. The largest absolute Gasteiger partial charge is 0.467 e. The van der Waals surface area contributed by atoms with E-state index >= 15 is 0 Å². The molecule has 2 rings (SSSR count). The van der Waals surface area contributed by atoms with Gasteiger partial charge in [0.15, 0.2) is 0 Å². The molecule has 0 bridgehead atoms. The summed E-state index contributed by atoms with van der Waals surface area (Å²) in [7, 11) is 1.34. The van der Waals surface area contributed by atoms with Crippen LogP contribution in [0.4, 0.5) is 15.8 Å². The molecular weight excluding hydrogens is 275 g/mol. The van der Waals surface area contributed by atoms with E-state index in [0.717, 1.165) is 18.8 Å². The fourth-order valence-corrected chi connectivity index (χ4v) is 2.33. The average Bonchev–Trinajstić information content (AvgIpc) is 2.52. The first-order valence-electron chi connectivity index (χ1n) is 7.11. The van der Waals surface area contributed by atoms with E-state index in [-0.39, 0.29) is 11.8 Å². The Kier molecular flexibility index (Phi) is 5.38. The van der Waals surface area contributed by atoms with Crippen molar-refractivity contribution in [3.63, 3.8) is 0 Å². The smallest absolute Gasteiger partial charge is 0.328 e. The van der Waals surface area contributed by atoms with Crippen molar-refractivity contribution in [3.05, 3.63) is 24.0 Å². The third kappa shape index (κ3) is 4.07. The molecule has 116 valence electrons. The molecular formula is C15H21FN2O3. The lowest BCUT2D eigenvalue weighted by molar-refractivity contribution is -0.141. The summed E-state index contributed by atoms with van der Waals surface area (Å²) in [5, 5.41) is 3.03. The molecule has 0 amide bonds. The number of anilines is 2. The molecule has 1 atom stereocenters. The van der Waals surface area contributed by atoms with Gasteiger partial charge in [-0.2, -0.15) is 0 Å². The van der Waals surface area contributed by atoms with Gasteiger partial charge in [0.25, 0.3) is 0 Å². The number of esters is 1. The Bertz CT molecular complexity index is 490. The molecule has 1 aromatic carbocycles. The van der Waals surface area contributed by atoms with Crippen LogP contribution in [0.1, 0.15) is 13.3 Å². The highest BCUT2D eigenvalue weighted by atomic mass is 19.1. The van der Waals surface area contributed by atoms with Gasteiger partial charge in [-0.1, -0.05) is 6.92 Å². The number of nitrogens with one attached hydrogen (secondary N) is 1. The molecule has 0 aliphatic carbocycles. The fourth-order valence-electron chi connectivity index (χ4n) is 2.33. The third-order valence-electron chi connectivity index (χ3n) is 3.49. The summed E-state index contributed by atoms with van der Waals surface area (Å²) in [6, 6.07) is 4.25. The molecule has 1 fully saturated rings. The summed E-state index contributed by atoms with van der Waals surface area (Å²) in [6.07, 6.45) is 0.566. The van der Waals surface area contributed by atoms with Crippen LogP contribution < -0.4 is 10.2 Å². The zero-order valence-corrected chi connectivity index (χ0v) is 12.4. The molecule has 6 heteroatoms. The van der Waals surface area contributed by atoms with Crippen molar-refractivity contribution in [2.75, 3.05) is 43.6 Å². The molecule has 1 aliphatic heterocycles. The van der Waals surface area contributed by atoms with Crippen LogP contribution in [0.3, 0.4) is 0 Å². The van der Waals surface area contributed by atoms with E-state index in [1.165, 1.54) is 19.2 Å². The normalized spacial score (nSPS) is 16.4. The number of hydrogen-bond acceptors (Lipinski definition) is 5. The average molecular weight is 296 g/mol. The molecule has 1 N–H and O–H groups in total. The van der Waals surface area contributed by atoms with Gasteiger partial charge in [-0.25, -0.2) is 9.18 Å². The summed E-state index contributed by atoms with van der Waals surface area (Å²) in [6.45, 7) is 4.61. The lowest BCUT2D eigenvalue weighted by atomic mass is 10.2. The van der Waals surface area contributed by atoms with E-state index in [9.17, 15) is 9.18 Å². The number of hydrogen-bond donors (Lipinski definition) is 1. The first-order valence-corrected chi connectivity index (χ1v) is 7.11. The van der Waals surface area contributed by atoms with Gasteiger partial charge >= 0.3 is 5.97 Å². The Morgan fingerprint density at radius 3 is 2.76 bits per heavy atom. The van der Waals surface area contributed by atoms with Crippen molar-refractivity contribution in [1.29, 1.82) is 0 Å². The number of carbonyl (C=O) groups excluding carboxylic acids is 1. The molecule has 5 nitrogen and oxygen atoms in total. The lowest BCUT2D eigenvalue weighted by Crippen LogP contribution is -2.36. The monoisotopic (exact) mass is 296 g/mol. The zero-order chi connectivity index (χ0) is 15.2. The molecule has 1 heterocycles. The van der Waals surface area contributed by atoms with Crippen LogP contribution in [0, 0.1) is 5.82 Å². The summed E-state index contributed by atoms with van der Waals surface area (Å²) >= 11 is 0. The van der Waals surface area contributed by atoms with Crippen LogP contribution in [0.25, 0.3) is 0 Å². The van der Waals surface area contributed by atoms with E-state index in [2.05, 4.69) is 10.2 Å². The van der Waals surface area contributed by atoms with Gasteiger partial charge in [0.2, 0.25) is 0 Å². The van der Waals surface area contributed by atoms with Crippen LogP contribution >= 0.6 is 0 Å². The Morgan fingerprint density at radius 1 is 1.43 bits per heavy atom. The standard InChI is InChI=1S/C15H21FN2O3/c1-3-14(15(19)20-2)17-12-8-11(16)9-13(10-12)18-4-6-21-7-5-18/h8-10,14,17H,3-7H2,1-2H3. The van der Waals surface area contributed by atoms with Crippen molar-refractivity contribution in [2.24, 2.45) is 0 Å². The third-order valence-corrected chi connectivity index (χ3v) is 3.49. The minimum Gasteiger partial charge on any atom is -0.467 e. The zero-order valence-electron chi connectivity index (χ0n) is 12.4. The summed E-state index contributed by atoms with van der Waals surface area (Å²) < 4.78 is 23.8. The van der Waals surface area contributed by atoms with Gasteiger partial charge in [-0.05, 0) is 24.6 Å². The minimum absolute atomic E-state index is 0.332. The van der Waals surface area contributed by atoms with Crippen molar-refractivity contribution < 1.29 is 18.7 Å². The van der Waals surface area contributed by atoms with Gasteiger partial charge < -0.3 is 19.7 Å². The van der Waals surface area contributed by atoms with Crippen LogP contribution in [-0.4, -0.2) is 45.4 Å². The maximum Gasteiger partial charge on any atom is 0.328 e. The van der Waals surface area contributed by atoms with Gasteiger partial charge in [-0.3, -0.25) is 0 Å². The molecule has 1 saturated heterocycles. The SMILES string of the molecule is CCC(Nc1cc(F)cc(N2CCOCC2)c1)C(=O)OC. The Morgan fingerprint density at radius 2 is 2.14 bits per heavy atom. The second-order valence-corrected chi connectivity index (χ2v) is 4.93. The highest BCUT2D eigenvalue weighted by Gasteiger charge is 2.18. The van der Waals surface area contributed by atoms with Crippen molar-refractivity contribution in [2.45, 2.75) is 19.4 Å². The highest BCUT2D eigenvalue weighted by molar-refractivity contribution is 5.79. The first-order chi connectivity index (χ1) is 10.1. The number of morpholine rings is 1. The highest BCUT2D eigenvalue weighted by Crippen LogP contribution is 2.23. The van der Waals surface area contributed by atoms with Crippen LogP contribution in [0.5, 0.6) is 0 Å². The Labute approximate surface area is 124 Å². The van der Waals surface area contributed by atoms with Gasteiger partial charge in [0.05, 0.1) is 20.3 Å². The predicted octanol–water partition coefficient (Wildman–Crippen LogP) is 2.03. The van der Waals surface area contributed by atoms with Gasteiger partial charge in [-0.15, -0.1) is 0 Å². The number of benzene rings is 1. The number of ether oxygens (including phenoxy) is 2. The molecule has 0 saturated carbocycles. The second kappa shape index (κ2) is 7.26. The van der Waals surface area contributed by atoms with E-state index < -0.39 is 6.04 Å². The second-order valence-electron chi connectivity index (χ2n) is 4.93. The van der Waals surface area contributed by atoms with Gasteiger partial charge in [0, 0.05) is 24.5 Å². The summed E-state index contributed by atoms with van der Waals surface area (Å²) in [5.41, 5.74) is 1.37. The fraction of sp³-hybridized carbons (Fsp3) is 0.533. The Balaban J connectivity index is 2.15. The molecule has 0 radical (unpaired) electrons. The topological polar surface area (TPSA) is 50.8 Å². The predicted molar refractivity (Wildman–Crippen MR) is 79.1 cm³/mol. The van der Waals surface area contributed by atoms with E-state index in [1.54, 1.807) is 0 Å². The molecule has 1 aromatic rings. The molecule has 1 aliphatic rings. The molecule has 0 spiro atoms.